The van der Waals surface area contributed by atoms with Crippen LogP contribution in [0.25, 0.3) is 10.9 Å². The first kappa shape index (κ1) is 24.8. The first-order chi connectivity index (χ1) is 17.4. The van der Waals surface area contributed by atoms with E-state index in [1.54, 1.807) is 55.5 Å². The van der Waals surface area contributed by atoms with Gasteiger partial charge >= 0.3 is 11.8 Å². The second-order valence-corrected chi connectivity index (χ2v) is 8.46. The number of nitrogens with one attached hydrogen (secondary N) is 3. The third kappa shape index (κ3) is 5.67. The van der Waals surface area contributed by atoms with Gasteiger partial charge in [-0.1, -0.05) is 41.9 Å². The highest BCUT2D eigenvalue weighted by atomic mass is 35.5. The minimum absolute atomic E-state index is 0.124. The summed E-state index contributed by atoms with van der Waals surface area (Å²) in [5.41, 5.74) is 4.57. The molecule has 3 amide bonds. The number of amides is 3. The topological polar surface area (TPSA) is 101 Å². The van der Waals surface area contributed by atoms with Crippen LogP contribution in [0.1, 0.15) is 35.9 Å². The Kier molecular flexibility index (Phi) is 7.56. The molecule has 0 saturated carbocycles. The van der Waals surface area contributed by atoms with Crippen molar-refractivity contribution < 1.29 is 19.1 Å². The monoisotopic (exact) mass is 504 g/mol. The van der Waals surface area contributed by atoms with Crippen LogP contribution in [0.5, 0.6) is 5.75 Å². The Hall–Kier alpha value is -4.30. The maximum absolute atomic E-state index is 13.2. The number of aromatic nitrogens is 1. The van der Waals surface area contributed by atoms with Crippen LogP contribution in [0.15, 0.2) is 78.9 Å². The molecule has 0 radical (unpaired) electrons. The van der Waals surface area contributed by atoms with Gasteiger partial charge < -0.3 is 15.4 Å². The van der Waals surface area contributed by atoms with Crippen molar-refractivity contribution in [1.29, 1.82) is 0 Å². The molecule has 0 fully saturated rings. The van der Waals surface area contributed by atoms with Gasteiger partial charge in [0.1, 0.15) is 11.4 Å². The van der Waals surface area contributed by atoms with Crippen molar-refractivity contribution in [3.63, 3.8) is 0 Å². The lowest BCUT2D eigenvalue weighted by atomic mass is 10.1. The molecule has 0 unspecified atom stereocenters. The van der Waals surface area contributed by atoms with Gasteiger partial charge in [-0.15, -0.1) is 0 Å². The van der Waals surface area contributed by atoms with Gasteiger partial charge in [0.2, 0.25) is 0 Å². The van der Waals surface area contributed by atoms with E-state index in [0.29, 0.717) is 34.0 Å². The minimum Gasteiger partial charge on any atom is -0.494 e. The van der Waals surface area contributed by atoms with Crippen LogP contribution in [0.4, 0.5) is 5.69 Å². The summed E-state index contributed by atoms with van der Waals surface area (Å²) in [6.45, 7) is 4.20. The fourth-order valence-electron chi connectivity index (χ4n) is 3.71. The van der Waals surface area contributed by atoms with Crippen molar-refractivity contribution in [3.05, 3.63) is 95.1 Å². The number of halogens is 1. The third-order valence-electron chi connectivity index (χ3n) is 5.49. The summed E-state index contributed by atoms with van der Waals surface area (Å²) in [4.78, 5) is 38.6. The summed E-state index contributed by atoms with van der Waals surface area (Å²) in [7, 11) is 0. The lowest BCUT2D eigenvalue weighted by molar-refractivity contribution is -0.137. The van der Waals surface area contributed by atoms with Crippen molar-refractivity contribution in [2.45, 2.75) is 19.9 Å². The van der Waals surface area contributed by atoms with Crippen LogP contribution in [-0.2, 0) is 9.59 Å². The zero-order valence-corrected chi connectivity index (χ0v) is 20.5. The van der Waals surface area contributed by atoms with E-state index in [-0.39, 0.29) is 11.7 Å². The van der Waals surface area contributed by atoms with Gasteiger partial charge in [0.05, 0.1) is 18.2 Å². The summed E-state index contributed by atoms with van der Waals surface area (Å²) in [5, 5.41) is 6.57. The molecule has 4 aromatic rings. The highest BCUT2D eigenvalue weighted by Crippen LogP contribution is 2.24. The van der Waals surface area contributed by atoms with E-state index in [1.807, 2.05) is 37.3 Å². The number of fused-ring (bicyclic) bond motifs is 1. The van der Waals surface area contributed by atoms with Crippen LogP contribution in [0, 0.1) is 0 Å². The van der Waals surface area contributed by atoms with E-state index >= 15 is 0 Å². The molecule has 8 nitrogen and oxygen atoms in total. The van der Waals surface area contributed by atoms with Crippen LogP contribution >= 0.6 is 11.6 Å². The van der Waals surface area contributed by atoms with Gasteiger partial charge in [-0.25, -0.2) is 4.68 Å². The number of carbonyl (C=O) groups excluding carboxylic acids is 3. The van der Waals surface area contributed by atoms with Gasteiger partial charge in [-0.3, -0.25) is 19.8 Å². The number of hydrogen-bond donors (Lipinski definition) is 3. The van der Waals surface area contributed by atoms with Gasteiger partial charge in [0.25, 0.3) is 5.91 Å². The fraction of sp³-hybridized carbons (Fsp3) is 0.148. The first-order valence-electron chi connectivity index (χ1n) is 11.4. The van der Waals surface area contributed by atoms with Crippen molar-refractivity contribution in [3.8, 4) is 5.75 Å². The number of rotatable bonds is 7. The number of hydrogen-bond acceptors (Lipinski definition) is 4. The Morgan fingerprint density at radius 3 is 2.36 bits per heavy atom. The molecule has 3 N–H and O–H groups in total. The molecule has 36 heavy (non-hydrogen) atoms. The number of benzene rings is 3. The van der Waals surface area contributed by atoms with Gasteiger partial charge in [0.15, 0.2) is 0 Å². The Morgan fingerprint density at radius 2 is 1.67 bits per heavy atom. The van der Waals surface area contributed by atoms with Crippen molar-refractivity contribution in [1.82, 2.24) is 9.99 Å². The average Bonchev–Trinajstić information content (AvgIpc) is 3.23. The fourth-order valence-corrected chi connectivity index (χ4v) is 3.89. The summed E-state index contributed by atoms with van der Waals surface area (Å²) in [6, 6.07) is 22.4. The molecule has 4 rings (SSSR count). The molecule has 1 aromatic heterocycles. The van der Waals surface area contributed by atoms with Crippen LogP contribution < -0.4 is 20.8 Å². The number of carbonyl (C=O) groups is 3. The Morgan fingerprint density at radius 1 is 0.944 bits per heavy atom. The van der Waals surface area contributed by atoms with E-state index in [9.17, 15) is 14.4 Å². The zero-order valence-electron chi connectivity index (χ0n) is 19.7. The van der Waals surface area contributed by atoms with Crippen LogP contribution in [-0.4, -0.2) is 29.0 Å². The normalized spacial score (nSPS) is 11.5. The Labute approximate surface area is 213 Å². The van der Waals surface area contributed by atoms with Gasteiger partial charge in [-0.2, -0.15) is 0 Å². The molecule has 1 atom stereocenters. The molecular weight excluding hydrogens is 480 g/mol. The smallest absolute Gasteiger partial charge is 0.328 e. The Bertz CT molecular complexity index is 1400. The lowest BCUT2D eigenvalue weighted by Gasteiger charge is -2.16. The number of nitrogens with zero attached hydrogens (tertiary/aromatic N) is 1. The van der Waals surface area contributed by atoms with Crippen LogP contribution in [0.3, 0.4) is 0 Å². The molecule has 0 saturated heterocycles. The predicted molar refractivity (Wildman–Crippen MR) is 140 cm³/mol. The molecule has 184 valence electrons. The minimum atomic E-state index is -0.916. The highest BCUT2D eigenvalue weighted by Gasteiger charge is 2.22. The summed E-state index contributed by atoms with van der Waals surface area (Å²) < 4.78 is 6.71. The predicted octanol–water partition coefficient (Wildman–Crippen LogP) is 4.89. The second kappa shape index (κ2) is 11.0. The molecule has 1 heterocycles. The lowest BCUT2D eigenvalue weighted by Crippen LogP contribution is -2.40. The molecule has 0 bridgehead atoms. The summed E-state index contributed by atoms with van der Waals surface area (Å²) in [6.07, 6.45) is 0. The van der Waals surface area contributed by atoms with E-state index < -0.39 is 17.7 Å². The summed E-state index contributed by atoms with van der Waals surface area (Å²) in [5.74, 6) is -1.55. The SMILES string of the molecule is CCOc1ccc(NC(=O)c2cc3cc(Cl)ccc3n2NC(=O)C(=O)N[C@H](C)c2ccccc2)cc1. The van der Waals surface area contributed by atoms with Gasteiger partial charge in [-0.05, 0) is 67.9 Å². The van der Waals surface area contributed by atoms with Crippen molar-refractivity contribution >= 4 is 45.9 Å². The molecule has 9 heteroatoms. The molecule has 0 aliphatic carbocycles. The maximum atomic E-state index is 13.2. The summed E-state index contributed by atoms with van der Waals surface area (Å²) >= 11 is 6.13. The quantitative estimate of drug-likeness (QED) is 0.312. The maximum Gasteiger partial charge on any atom is 0.328 e. The van der Waals surface area contributed by atoms with Crippen LogP contribution in [0.2, 0.25) is 5.02 Å². The van der Waals surface area contributed by atoms with Crippen molar-refractivity contribution in [2.24, 2.45) is 0 Å². The highest BCUT2D eigenvalue weighted by molar-refractivity contribution is 6.38. The largest absolute Gasteiger partial charge is 0.494 e. The third-order valence-corrected chi connectivity index (χ3v) is 5.72. The number of anilines is 1. The molecule has 3 aromatic carbocycles. The molecule has 0 aliphatic heterocycles. The standard InChI is InChI=1S/C27H25ClN4O4/c1-3-36-22-12-10-21(11-13-22)30-25(33)24-16-19-15-20(28)9-14-23(19)32(24)31-27(35)26(34)29-17(2)18-7-5-4-6-8-18/h4-17H,3H2,1-2H3,(H,29,34)(H,30,33)(H,31,35)/t17-/m1/s1. The molecule has 0 spiro atoms. The molecule has 0 aliphatic rings. The van der Waals surface area contributed by atoms with E-state index in [4.69, 9.17) is 16.3 Å². The number of ether oxygens (including phenoxy) is 1. The van der Waals surface area contributed by atoms with E-state index in [0.717, 1.165) is 5.56 Å². The second-order valence-electron chi connectivity index (χ2n) is 8.03. The van der Waals surface area contributed by atoms with E-state index in [1.165, 1.54) is 4.68 Å². The average molecular weight is 505 g/mol. The van der Waals surface area contributed by atoms with E-state index in [2.05, 4.69) is 16.1 Å². The van der Waals surface area contributed by atoms with Gasteiger partial charge in [0, 0.05) is 16.1 Å². The first-order valence-corrected chi connectivity index (χ1v) is 11.8. The Balaban J connectivity index is 1.56. The van der Waals surface area contributed by atoms with Crippen molar-refractivity contribution in [2.75, 3.05) is 17.3 Å². The molecular formula is C27H25ClN4O4. The zero-order chi connectivity index (χ0) is 25.7.